The SMILES string of the molecule is Cc1cscc1CNC(=O)C(=O)N1CCNCC1. The van der Waals surface area contributed by atoms with Gasteiger partial charge < -0.3 is 15.5 Å². The highest BCUT2D eigenvalue weighted by Crippen LogP contribution is 2.12. The van der Waals surface area contributed by atoms with E-state index in [1.54, 1.807) is 16.2 Å². The molecule has 2 rings (SSSR count). The van der Waals surface area contributed by atoms with Crippen LogP contribution in [0.25, 0.3) is 0 Å². The number of carbonyl (C=O) groups excluding carboxylic acids is 2. The largest absolute Gasteiger partial charge is 0.344 e. The molecule has 0 radical (unpaired) electrons. The molecule has 0 aliphatic carbocycles. The molecule has 1 aromatic heterocycles. The van der Waals surface area contributed by atoms with Crippen molar-refractivity contribution in [3.63, 3.8) is 0 Å². The highest BCUT2D eigenvalue weighted by atomic mass is 32.1. The number of piperazine rings is 1. The molecule has 2 N–H and O–H groups in total. The summed E-state index contributed by atoms with van der Waals surface area (Å²) in [7, 11) is 0. The summed E-state index contributed by atoms with van der Waals surface area (Å²) in [5.74, 6) is -0.938. The minimum atomic E-state index is -0.512. The molecule has 1 aliphatic heterocycles. The molecule has 2 heterocycles. The third-order valence-electron chi connectivity index (χ3n) is 3.00. The van der Waals surface area contributed by atoms with E-state index in [9.17, 15) is 9.59 Å². The van der Waals surface area contributed by atoms with E-state index in [2.05, 4.69) is 10.6 Å². The van der Waals surface area contributed by atoms with E-state index in [0.717, 1.165) is 24.2 Å². The molecule has 1 fully saturated rings. The van der Waals surface area contributed by atoms with Crippen molar-refractivity contribution in [2.45, 2.75) is 13.5 Å². The Morgan fingerprint density at radius 3 is 2.72 bits per heavy atom. The van der Waals surface area contributed by atoms with Gasteiger partial charge in [0.25, 0.3) is 0 Å². The molecule has 98 valence electrons. The quantitative estimate of drug-likeness (QED) is 0.747. The van der Waals surface area contributed by atoms with Crippen LogP contribution < -0.4 is 10.6 Å². The topological polar surface area (TPSA) is 61.4 Å². The molecule has 0 unspecified atom stereocenters. The fraction of sp³-hybridized carbons (Fsp3) is 0.500. The van der Waals surface area contributed by atoms with Crippen LogP contribution >= 0.6 is 11.3 Å². The number of amides is 2. The van der Waals surface area contributed by atoms with Crippen molar-refractivity contribution in [1.29, 1.82) is 0 Å². The van der Waals surface area contributed by atoms with E-state index in [4.69, 9.17) is 0 Å². The van der Waals surface area contributed by atoms with E-state index in [1.807, 2.05) is 17.7 Å². The Labute approximate surface area is 110 Å². The second-order valence-corrected chi connectivity index (χ2v) is 5.05. The second kappa shape index (κ2) is 5.97. The van der Waals surface area contributed by atoms with Gasteiger partial charge in [-0.15, -0.1) is 0 Å². The minimum absolute atomic E-state index is 0.423. The summed E-state index contributed by atoms with van der Waals surface area (Å²) < 4.78 is 0. The average molecular weight is 267 g/mol. The lowest BCUT2D eigenvalue weighted by atomic mass is 10.2. The Morgan fingerprint density at radius 2 is 2.11 bits per heavy atom. The molecule has 18 heavy (non-hydrogen) atoms. The van der Waals surface area contributed by atoms with Gasteiger partial charge in [0.1, 0.15) is 0 Å². The van der Waals surface area contributed by atoms with E-state index >= 15 is 0 Å². The molecule has 0 spiro atoms. The maximum atomic E-state index is 11.8. The Bertz CT molecular complexity index is 438. The standard InChI is InChI=1S/C12H17N3O2S/c1-9-7-18-8-10(9)6-14-11(16)12(17)15-4-2-13-3-5-15/h7-8,13H,2-6H2,1H3,(H,14,16). The maximum Gasteiger partial charge on any atom is 0.311 e. The second-order valence-electron chi connectivity index (χ2n) is 4.30. The predicted molar refractivity (Wildman–Crippen MR) is 70.4 cm³/mol. The van der Waals surface area contributed by atoms with Gasteiger partial charge in [-0.25, -0.2) is 0 Å². The summed E-state index contributed by atoms with van der Waals surface area (Å²) >= 11 is 1.60. The molecule has 0 aromatic carbocycles. The number of carbonyl (C=O) groups is 2. The Balaban J connectivity index is 1.84. The highest BCUT2D eigenvalue weighted by Gasteiger charge is 2.22. The van der Waals surface area contributed by atoms with Gasteiger partial charge in [0, 0.05) is 32.7 Å². The summed E-state index contributed by atoms with van der Waals surface area (Å²) in [6, 6.07) is 0. The monoisotopic (exact) mass is 267 g/mol. The Hall–Kier alpha value is -1.40. The number of rotatable bonds is 2. The third kappa shape index (κ3) is 3.08. The summed E-state index contributed by atoms with van der Waals surface area (Å²) in [4.78, 5) is 25.2. The molecule has 0 atom stereocenters. The minimum Gasteiger partial charge on any atom is -0.344 e. The summed E-state index contributed by atoms with van der Waals surface area (Å²) in [5, 5.41) is 9.84. The fourth-order valence-corrected chi connectivity index (χ4v) is 2.69. The van der Waals surface area contributed by atoms with E-state index < -0.39 is 11.8 Å². The molecule has 0 bridgehead atoms. The van der Waals surface area contributed by atoms with Crippen molar-refractivity contribution in [3.8, 4) is 0 Å². The lowest BCUT2D eigenvalue weighted by Crippen LogP contribution is -2.51. The Kier molecular flexibility index (Phi) is 4.33. The van der Waals surface area contributed by atoms with Crippen LogP contribution in [0, 0.1) is 6.92 Å². The van der Waals surface area contributed by atoms with Crippen molar-refractivity contribution in [3.05, 3.63) is 21.9 Å². The van der Waals surface area contributed by atoms with Gasteiger partial charge in [-0.05, 0) is 28.8 Å². The first-order valence-electron chi connectivity index (χ1n) is 5.98. The van der Waals surface area contributed by atoms with Crippen molar-refractivity contribution >= 4 is 23.2 Å². The van der Waals surface area contributed by atoms with E-state index in [0.29, 0.717) is 19.6 Å². The number of nitrogens with zero attached hydrogens (tertiary/aromatic N) is 1. The number of hydrogen-bond donors (Lipinski definition) is 2. The average Bonchev–Trinajstić information content (AvgIpc) is 2.81. The summed E-state index contributed by atoms with van der Waals surface area (Å²) in [6.07, 6.45) is 0. The molecule has 1 aliphatic rings. The van der Waals surface area contributed by atoms with Crippen LogP contribution in [-0.4, -0.2) is 42.9 Å². The van der Waals surface area contributed by atoms with Crippen LogP contribution in [0.3, 0.4) is 0 Å². The van der Waals surface area contributed by atoms with Crippen LogP contribution in [0.4, 0.5) is 0 Å². The van der Waals surface area contributed by atoms with Gasteiger partial charge in [-0.3, -0.25) is 9.59 Å². The first kappa shape index (κ1) is 13.0. The zero-order valence-corrected chi connectivity index (χ0v) is 11.2. The first-order chi connectivity index (χ1) is 8.68. The first-order valence-corrected chi connectivity index (χ1v) is 6.92. The summed E-state index contributed by atoms with van der Waals surface area (Å²) in [5.41, 5.74) is 2.22. The third-order valence-corrected chi connectivity index (χ3v) is 3.91. The molecule has 6 heteroatoms. The number of nitrogens with one attached hydrogen (secondary N) is 2. The Morgan fingerprint density at radius 1 is 1.39 bits per heavy atom. The van der Waals surface area contributed by atoms with Crippen LogP contribution in [0.5, 0.6) is 0 Å². The van der Waals surface area contributed by atoms with Crippen molar-refractivity contribution in [1.82, 2.24) is 15.5 Å². The zero-order chi connectivity index (χ0) is 13.0. The van der Waals surface area contributed by atoms with Crippen molar-refractivity contribution in [2.75, 3.05) is 26.2 Å². The van der Waals surface area contributed by atoms with Gasteiger partial charge in [0.05, 0.1) is 0 Å². The van der Waals surface area contributed by atoms with Crippen LogP contribution in [0.1, 0.15) is 11.1 Å². The van der Waals surface area contributed by atoms with Gasteiger partial charge in [-0.2, -0.15) is 11.3 Å². The molecule has 1 saturated heterocycles. The normalized spacial score (nSPS) is 15.5. The lowest BCUT2D eigenvalue weighted by Gasteiger charge is -2.26. The molecule has 5 nitrogen and oxygen atoms in total. The van der Waals surface area contributed by atoms with Gasteiger partial charge in [0.2, 0.25) is 0 Å². The van der Waals surface area contributed by atoms with Crippen molar-refractivity contribution < 1.29 is 9.59 Å². The number of hydrogen-bond acceptors (Lipinski definition) is 4. The molecular formula is C12H17N3O2S. The van der Waals surface area contributed by atoms with E-state index in [-0.39, 0.29) is 0 Å². The molecule has 2 amide bonds. The van der Waals surface area contributed by atoms with Gasteiger partial charge in [-0.1, -0.05) is 0 Å². The number of thiophene rings is 1. The molecular weight excluding hydrogens is 250 g/mol. The van der Waals surface area contributed by atoms with Crippen LogP contribution in [-0.2, 0) is 16.1 Å². The van der Waals surface area contributed by atoms with Crippen LogP contribution in [0.2, 0.25) is 0 Å². The summed E-state index contributed by atoms with van der Waals surface area (Å²) in [6.45, 7) is 5.13. The molecule has 0 saturated carbocycles. The lowest BCUT2D eigenvalue weighted by molar-refractivity contribution is -0.146. The number of aryl methyl sites for hydroxylation is 1. The smallest absolute Gasteiger partial charge is 0.311 e. The van der Waals surface area contributed by atoms with Crippen LogP contribution in [0.15, 0.2) is 10.8 Å². The van der Waals surface area contributed by atoms with Gasteiger partial charge >= 0.3 is 11.8 Å². The predicted octanol–water partition coefficient (Wildman–Crippen LogP) is 0.105. The van der Waals surface area contributed by atoms with Crippen molar-refractivity contribution in [2.24, 2.45) is 0 Å². The maximum absolute atomic E-state index is 11.8. The van der Waals surface area contributed by atoms with E-state index in [1.165, 1.54) is 0 Å². The highest BCUT2D eigenvalue weighted by molar-refractivity contribution is 7.08. The molecule has 1 aromatic rings. The van der Waals surface area contributed by atoms with Gasteiger partial charge in [0.15, 0.2) is 0 Å². The fourth-order valence-electron chi connectivity index (χ4n) is 1.83. The zero-order valence-electron chi connectivity index (χ0n) is 10.4.